The van der Waals surface area contributed by atoms with E-state index < -0.39 is 196 Å². The molecule has 35 nitrogen and oxygen atoms in total. The summed E-state index contributed by atoms with van der Waals surface area (Å²) in [5.41, 5.74) is 16.6. The van der Waals surface area contributed by atoms with Gasteiger partial charge in [-0.05, 0) is 123 Å². The van der Waals surface area contributed by atoms with Crippen LogP contribution in [-0.2, 0) is 81.0 Å². The summed E-state index contributed by atoms with van der Waals surface area (Å²) >= 11 is 0. The van der Waals surface area contributed by atoms with Crippen molar-refractivity contribution in [3.63, 3.8) is 0 Å². The van der Waals surface area contributed by atoms with E-state index >= 15 is 0 Å². The Morgan fingerprint density at radius 1 is 0.461 bits per heavy atom. The quantitative estimate of drug-likeness (QED) is 0.0245. The molecule has 0 aliphatic carbocycles. The van der Waals surface area contributed by atoms with Gasteiger partial charge in [-0.25, -0.2) is 4.57 Å². The van der Waals surface area contributed by atoms with Gasteiger partial charge < -0.3 is 93.8 Å². The third-order valence-corrected chi connectivity index (χ3v) is 19.8. The largest absolute Gasteiger partial charge is 0.481 e. The van der Waals surface area contributed by atoms with Gasteiger partial charge in [-0.15, -0.1) is 0 Å². The highest BCUT2D eigenvalue weighted by Gasteiger charge is 2.47. The number of primary amides is 2. The summed E-state index contributed by atoms with van der Waals surface area (Å²) in [6.07, 6.45) is 14.2. The standard InChI is InChI=1S/C66H110N15O20P/c1-4-5-6-7-8-9-10-11-12-13-14-28-53(83)70-39-54(84)73-43(22-15-16-33-67)58(89)74-45(30-32-55(85)86)57(88)71-41(2)62(93)80-37-20-26-50(80)65(96)78-35-18-24-48(78)60(91)72-42(3)63(94)81-38-21-27-51(81)66(97)79-36-19-25-49(79)61(92)75-44(29-31-52(68)82)59(90)76-46(40-101-102(98,99)100)64(95)77-34-17-23-47(77)56(69)87/h41-51H,4-40,67H2,1-3H3,(H2,68,82)(H2,69,87)(H,70,83)(H,71,88)(H,72,91)(H,73,84)(H,74,89)(H,75,92)(H,76,90)(H,85,86)(H2,98,99,100). The minimum absolute atomic E-state index is 0.00807. The van der Waals surface area contributed by atoms with Gasteiger partial charge in [0.25, 0.3) is 0 Å². The van der Waals surface area contributed by atoms with Crippen molar-refractivity contribution < 1.29 is 95.9 Å². The molecule has 11 atom stereocenters. The van der Waals surface area contributed by atoms with Crippen LogP contribution in [0.25, 0.3) is 0 Å². The minimum atomic E-state index is -5.23. The van der Waals surface area contributed by atoms with Crippen molar-refractivity contribution in [3.8, 4) is 0 Å². The molecule has 574 valence electrons. The Balaban J connectivity index is 1.15. The maximum Gasteiger partial charge on any atom is 0.469 e. The Labute approximate surface area is 595 Å². The number of likely N-dealkylation sites (tertiary alicyclic amines) is 5. The fraction of sp³-hybridized carbons (Fsp3) is 0.773. The van der Waals surface area contributed by atoms with E-state index in [2.05, 4.69) is 48.7 Å². The third-order valence-electron chi connectivity index (χ3n) is 19.3. The fourth-order valence-corrected chi connectivity index (χ4v) is 14.2. The Morgan fingerprint density at radius 2 is 0.882 bits per heavy atom. The van der Waals surface area contributed by atoms with E-state index in [1.165, 1.54) is 72.0 Å². The predicted molar refractivity (Wildman–Crippen MR) is 366 cm³/mol. The molecule has 5 fully saturated rings. The van der Waals surface area contributed by atoms with Gasteiger partial charge in [0, 0.05) is 52.0 Å². The van der Waals surface area contributed by atoms with Crippen LogP contribution in [-0.4, -0.2) is 247 Å². The lowest BCUT2D eigenvalue weighted by atomic mass is 10.1. The summed E-state index contributed by atoms with van der Waals surface area (Å²) in [6.45, 7) is 4.12. The highest BCUT2D eigenvalue weighted by Crippen LogP contribution is 2.36. The van der Waals surface area contributed by atoms with Crippen LogP contribution in [0.15, 0.2) is 0 Å². The average molecular weight is 1460 g/mol. The van der Waals surface area contributed by atoms with E-state index in [0.29, 0.717) is 51.4 Å². The number of carboxylic acid groups (broad SMARTS) is 1. The van der Waals surface area contributed by atoms with E-state index in [0.717, 1.165) is 30.6 Å². The van der Waals surface area contributed by atoms with Gasteiger partial charge in [-0.1, -0.05) is 71.1 Å². The van der Waals surface area contributed by atoms with Gasteiger partial charge in [-0.3, -0.25) is 76.4 Å². The normalized spacial score (nSPS) is 20.7. The number of aliphatic carboxylic acids is 1. The minimum Gasteiger partial charge on any atom is -0.481 e. The number of carboxylic acids is 1. The maximum absolute atomic E-state index is 14.5. The molecule has 0 spiro atoms. The summed E-state index contributed by atoms with van der Waals surface area (Å²) in [7, 11) is -5.23. The van der Waals surface area contributed by atoms with Gasteiger partial charge in [0.1, 0.15) is 66.5 Å². The van der Waals surface area contributed by atoms with Crippen LogP contribution >= 0.6 is 7.82 Å². The number of nitrogens with one attached hydrogen (secondary N) is 7. The van der Waals surface area contributed by atoms with Crippen molar-refractivity contribution in [2.75, 3.05) is 52.4 Å². The number of nitrogens with two attached hydrogens (primary N) is 3. The maximum atomic E-state index is 14.5. The Kier molecular flexibility index (Phi) is 35.4. The lowest BCUT2D eigenvalue weighted by Gasteiger charge is -2.34. The first-order chi connectivity index (χ1) is 48.5. The average Bonchev–Trinajstić information content (AvgIpc) is 1.63. The summed E-state index contributed by atoms with van der Waals surface area (Å²) in [5, 5.41) is 27.4. The van der Waals surface area contributed by atoms with Crippen LogP contribution in [0.1, 0.15) is 207 Å². The molecule has 11 unspecified atom stereocenters. The number of amides is 14. The summed E-state index contributed by atoms with van der Waals surface area (Å²) < 4.78 is 16.3. The summed E-state index contributed by atoms with van der Waals surface area (Å²) in [6, 6.07) is -14.3. The van der Waals surface area contributed by atoms with Gasteiger partial charge in [0.05, 0.1) is 13.2 Å². The molecule has 5 aliphatic rings. The van der Waals surface area contributed by atoms with Crippen LogP contribution < -0.4 is 54.4 Å². The molecular weight excluding hydrogens is 1350 g/mol. The highest BCUT2D eigenvalue weighted by atomic mass is 31.2. The van der Waals surface area contributed by atoms with Crippen molar-refractivity contribution >= 4 is 96.5 Å². The smallest absolute Gasteiger partial charge is 0.469 e. The van der Waals surface area contributed by atoms with E-state index in [1.54, 1.807) is 0 Å². The first-order valence-corrected chi connectivity index (χ1v) is 37.8. The Morgan fingerprint density at radius 3 is 1.37 bits per heavy atom. The fourth-order valence-electron chi connectivity index (χ4n) is 13.8. The highest BCUT2D eigenvalue weighted by molar-refractivity contribution is 7.46. The summed E-state index contributed by atoms with van der Waals surface area (Å²) in [5.74, 6) is -11.9. The number of hydrogen-bond donors (Lipinski definition) is 13. The van der Waals surface area contributed by atoms with Crippen molar-refractivity contribution in [1.82, 2.24) is 61.7 Å². The monoisotopic (exact) mass is 1460 g/mol. The van der Waals surface area contributed by atoms with Crippen LogP contribution in [0, 0.1) is 0 Å². The number of phosphoric acid groups is 1. The zero-order valence-corrected chi connectivity index (χ0v) is 60.1. The predicted octanol–water partition coefficient (Wildman–Crippen LogP) is -1.44. The number of carbonyl (C=O) groups excluding carboxylic acids is 14. The van der Waals surface area contributed by atoms with Crippen LogP contribution in [0.2, 0.25) is 0 Å². The second-order valence-corrected chi connectivity index (χ2v) is 28.4. The molecule has 0 bridgehead atoms. The molecule has 16 N–H and O–H groups in total. The molecule has 36 heteroatoms. The van der Waals surface area contributed by atoms with E-state index in [1.807, 2.05) is 0 Å². The van der Waals surface area contributed by atoms with E-state index in [9.17, 15) is 91.4 Å². The number of hydrogen-bond acceptors (Lipinski definition) is 18. The van der Waals surface area contributed by atoms with Crippen molar-refractivity contribution in [2.24, 2.45) is 17.2 Å². The van der Waals surface area contributed by atoms with Gasteiger partial charge in [0.15, 0.2) is 0 Å². The number of phosphoric ester groups is 1. The Hall–Kier alpha value is -7.88. The van der Waals surface area contributed by atoms with Gasteiger partial charge in [0.2, 0.25) is 82.7 Å². The molecular formula is C66H110N15O20P. The molecule has 0 aromatic rings. The van der Waals surface area contributed by atoms with Crippen LogP contribution in [0.5, 0.6) is 0 Å². The molecule has 5 aliphatic heterocycles. The van der Waals surface area contributed by atoms with Crippen molar-refractivity contribution in [3.05, 3.63) is 0 Å². The number of rotatable bonds is 44. The second-order valence-electron chi connectivity index (χ2n) is 27.2. The van der Waals surface area contributed by atoms with Crippen LogP contribution in [0.4, 0.5) is 0 Å². The number of unbranched alkanes of at least 4 members (excludes halogenated alkanes) is 11. The van der Waals surface area contributed by atoms with Gasteiger partial charge >= 0.3 is 13.8 Å². The second kappa shape index (κ2) is 42.6. The number of carbonyl (C=O) groups is 15. The lowest BCUT2D eigenvalue weighted by molar-refractivity contribution is -0.149. The molecule has 0 radical (unpaired) electrons. The number of nitrogens with zero attached hydrogens (tertiary/aromatic N) is 5. The molecule has 0 aromatic heterocycles. The molecule has 5 heterocycles. The molecule has 0 saturated carbocycles. The SMILES string of the molecule is CCCCCCCCCCCCCC(=O)NCC(=O)NC(CCCCN)C(=O)NC(CCC(=O)O)C(=O)NC(C)C(=O)N1CCCC1C(=O)N1CCCC1C(=O)NC(C)C(=O)N1CCCC1C(=O)N1CCCC1C(=O)NC(CCC(N)=O)C(=O)NC(COP(=O)(O)O)C(=O)N1CCCC1C(N)=O. The van der Waals surface area contributed by atoms with E-state index in [-0.39, 0.29) is 90.1 Å². The first-order valence-electron chi connectivity index (χ1n) is 36.3. The molecule has 14 amide bonds. The zero-order chi connectivity index (χ0) is 75.2. The van der Waals surface area contributed by atoms with Gasteiger partial charge in [-0.2, -0.15) is 0 Å². The molecule has 102 heavy (non-hydrogen) atoms. The van der Waals surface area contributed by atoms with E-state index in [4.69, 9.17) is 17.2 Å². The van der Waals surface area contributed by atoms with Crippen molar-refractivity contribution in [2.45, 2.75) is 273 Å². The summed E-state index contributed by atoms with van der Waals surface area (Å²) in [4.78, 5) is 228. The molecule has 0 aromatic carbocycles. The zero-order valence-electron chi connectivity index (χ0n) is 59.2. The Bertz CT molecular complexity index is 3000. The van der Waals surface area contributed by atoms with Crippen molar-refractivity contribution in [1.29, 1.82) is 0 Å². The first kappa shape index (κ1) is 84.8. The molecule has 5 rings (SSSR count). The third kappa shape index (κ3) is 26.7. The lowest BCUT2D eigenvalue weighted by Crippen LogP contribution is -2.60. The molecule has 5 saturated heterocycles. The topological polar surface area (TPSA) is 522 Å². The van der Waals surface area contributed by atoms with Crippen LogP contribution in [0.3, 0.4) is 0 Å².